The Kier molecular flexibility index (Phi) is 7.04. The van der Waals surface area contributed by atoms with E-state index in [1.807, 2.05) is 73.7 Å². The van der Waals surface area contributed by atoms with Crippen LogP contribution in [0.25, 0.3) is 33.4 Å². The van der Waals surface area contributed by atoms with Crippen LogP contribution in [0.15, 0.2) is 88.3 Å². The van der Waals surface area contributed by atoms with E-state index in [9.17, 15) is 10.1 Å². The SMILES string of the molecule is Cc1cc(C)c2nc(SC(C)C(=O)Nc3oc(-c4ccccc4)c(-c4ccccc4)c3C#N)cc(C)c2c1. The van der Waals surface area contributed by atoms with Crippen molar-refractivity contribution >= 4 is 34.5 Å². The van der Waals surface area contributed by atoms with E-state index < -0.39 is 5.25 Å². The Morgan fingerprint density at radius 3 is 2.26 bits per heavy atom. The summed E-state index contributed by atoms with van der Waals surface area (Å²) < 4.78 is 6.17. The highest BCUT2D eigenvalue weighted by atomic mass is 32.2. The summed E-state index contributed by atoms with van der Waals surface area (Å²) in [6, 6.07) is 27.7. The molecule has 0 aliphatic rings. The Balaban J connectivity index is 1.46. The molecule has 6 heteroatoms. The lowest BCUT2D eigenvalue weighted by atomic mass is 9.98. The molecule has 188 valence electrons. The summed E-state index contributed by atoms with van der Waals surface area (Å²) in [5.74, 6) is 0.429. The number of nitrogens with one attached hydrogen (secondary N) is 1. The summed E-state index contributed by atoms with van der Waals surface area (Å²) in [7, 11) is 0. The zero-order valence-electron chi connectivity index (χ0n) is 21.7. The Morgan fingerprint density at radius 2 is 1.61 bits per heavy atom. The molecule has 5 aromatic rings. The highest BCUT2D eigenvalue weighted by Crippen LogP contribution is 2.41. The Bertz CT molecular complexity index is 1690. The zero-order valence-corrected chi connectivity index (χ0v) is 22.5. The highest BCUT2D eigenvalue weighted by molar-refractivity contribution is 8.00. The number of nitrogens with zero attached hydrogens (tertiary/aromatic N) is 2. The number of hydrogen-bond donors (Lipinski definition) is 1. The first kappa shape index (κ1) is 25.3. The van der Waals surface area contributed by atoms with Crippen molar-refractivity contribution in [3.8, 4) is 28.5 Å². The number of fused-ring (bicyclic) bond motifs is 1. The van der Waals surface area contributed by atoms with Crippen molar-refractivity contribution < 1.29 is 9.21 Å². The molecule has 5 nitrogen and oxygen atoms in total. The van der Waals surface area contributed by atoms with Gasteiger partial charge in [-0.1, -0.05) is 84.1 Å². The van der Waals surface area contributed by atoms with Crippen molar-refractivity contribution in [2.24, 2.45) is 0 Å². The number of nitriles is 1. The van der Waals surface area contributed by atoms with Crippen LogP contribution in [0.3, 0.4) is 0 Å². The molecule has 0 saturated carbocycles. The van der Waals surface area contributed by atoms with Crippen molar-refractivity contribution in [1.82, 2.24) is 4.98 Å². The highest BCUT2D eigenvalue weighted by Gasteiger charge is 2.26. The molecule has 0 fully saturated rings. The molecule has 2 heterocycles. The first-order valence-corrected chi connectivity index (χ1v) is 13.3. The van der Waals surface area contributed by atoms with Crippen LogP contribution in [-0.4, -0.2) is 16.1 Å². The van der Waals surface area contributed by atoms with E-state index in [0.29, 0.717) is 16.9 Å². The fourth-order valence-corrected chi connectivity index (χ4v) is 5.54. The molecule has 0 aliphatic carbocycles. The van der Waals surface area contributed by atoms with Gasteiger partial charge in [0.05, 0.1) is 15.8 Å². The molecule has 3 aromatic carbocycles. The van der Waals surface area contributed by atoms with Gasteiger partial charge in [-0.05, 0) is 56.5 Å². The molecule has 5 rings (SSSR count). The number of aromatic nitrogens is 1. The number of anilines is 1. The molecular weight excluding hydrogens is 490 g/mol. The van der Waals surface area contributed by atoms with Crippen molar-refractivity contribution in [1.29, 1.82) is 5.26 Å². The van der Waals surface area contributed by atoms with Crippen LogP contribution < -0.4 is 5.32 Å². The number of furan rings is 1. The molecule has 38 heavy (non-hydrogen) atoms. The third-order valence-electron chi connectivity index (χ3n) is 6.45. The number of hydrogen-bond acceptors (Lipinski definition) is 5. The maximum atomic E-state index is 13.3. The molecule has 0 radical (unpaired) electrons. The van der Waals surface area contributed by atoms with E-state index in [-0.39, 0.29) is 11.8 Å². The number of rotatable bonds is 6. The molecule has 0 spiro atoms. The molecule has 0 aliphatic heterocycles. The monoisotopic (exact) mass is 517 g/mol. The number of aryl methyl sites for hydroxylation is 3. The number of amides is 1. The van der Waals surface area contributed by atoms with Crippen LogP contribution in [-0.2, 0) is 4.79 Å². The largest absolute Gasteiger partial charge is 0.438 e. The fourth-order valence-electron chi connectivity index (χ4n) is 4.62. The van der Waals surface area contributed by atoms with Crippen molar-refractivity contribution in [2.75, 3.05) is 5.32 Å². The summed E-state index contributed by atoms with van der Waals surface area (Å²) in [5, 5.41) is 14.4. The van der Waals surface area contributed by atoms with E-state index in [4.69, 9.17) is 9.40 Å². The van der Waals surface area contributed by atoms with Gasteiger partial charge in [-0.2, -0.15) is 5.26 Å². The molecule has 0 bridgehead atoms. The minimum Gasteiger partial charge on any atom is -0.438 e. The topological polar surface area (TPSA) is 78.9 Å². The van der Waals surface area contributed by atoms with Crippen LogP contribution in [0.2, 0.25) is 0 Å². The quantitative estimate of drug-likeness (QED) is 0.230. The fraction of sp³-hybridized carbons (Fsp3) is 0.156. The summed E-state index contributed by atoms with van der Waals surface area (Å²) >= 11 is 1.38. The summed E-state index contributed by atoms with van der Waals surface area (Å²) in [6.45, 7) is 8.03. The Hall–Kier alpha value is -4.34. The van der Waals surface area contributed by atoms with Gasteiger partial charge in [-0.25, -0.2) is 4.98 Å². The van der Waals surface area contributed by atoms with Gasteiger partial charge < -0.3 is 4.42 Å². The van der Waals surface area contributed by atoms with Gasteiger partial charge in [-0.15, -0.1) is 0 Å². The lowest BCUT2D eigenvalue weighted by molar-refractivity contribution is -0.115. The molecular formula is C32H27N3O2S. The smallest absolute Gasteiger partial charge is 0.239 e. The van der Waals surface area contributed by atoms with Crippen molar-refractivity contribution in [3.63, 3.8) is 0 Å². The van der Waals surface area contributed by atoms with E-state index in [1.54, 1.807) is 0 Å². The standard InChI is InChI=1S/C32H27N3O2S/c1-19-15-21(3)29-25(16-19)20(2)17-27(34-29)38-22(4)31(36)35-32-26(18-33)28(23-11-7-5-8-12-23)30(37-32)24-13-9-6-10-14-24/h5-17,22H,1-4H3,(H,35,36). The van der Waals surface area contributed by atoms with Gasteiger partial charge in [0, 0.05) is 16.5 Å². The normalized spacial score (nSPS) is 11.8. The molecule has 0 saturated heterocycles. The lowest BCUT2D eigenvalue weighted by Crippen LogP contribution is -2.22. The second-order valence-corrected chi connectivity index (χ2v) is 10.7. The van der Waals surface area contributed by atoms with Crippen molar-refractivity contribution in [3.05, 3.63) is 101 Å². The third kappa shape index (κ3) is 4.93. The molecule has 1 atom stereocenters. The average molecular weight is 518 g/mol. The summed E-state index contributed by atoms with van der Waals surface area (Å²) in [5.41, 5.74) is 7.00. The third-order valence-corrected chi connectivity index (χ3v) is 7.47. The number of carbonyl (C=O) groups excluding carboxylic acids is 1. The number of benzene rings is 3. The minimum atomic E-state index is -0.470. The van der Waals surface area contributed by atoms with Gasteiger partial charge >= 0.3 is 0 Å². The molecule has 1 amide bonds. The van der Waals surface area contributed by atoms with Crippen LogP contribution in [0.4, 0.5) is 5.88 Å². The summed E-state index contributed by atoms with van der Waals surface area (Å²) in [6.07, 6.45) is 0. The predicted molar refractivity (Wildman–Crippen MR) is 154 cm³/mol. The first-order valence-electron chi connectivity index (χ1n) is 12.4. The number of thioether (sulfide) groups is 1. The summed E-state index contributed by atoms with van der Waals surface area (Å²) in [4.78, 5) is 18.2. The molecule has 1 unspecified atom stereocenters. The van der Waals surface area contributed by atoms with Crippen molar-refractivity contribution in [2.45, 2.75) is 38.0 Å². The average Bonchev–Trinajstić information content (AvgIpc) is 3.28. The lowest BCUT2D eigenvalue weighted by Gasteiger charge is -2.13. The van der Waals surface area contributed by atoms with E-state index in [0.717, 1.165) is 38.2 Å². The van der Waals surface area contributed by atoms with Crippen LogP contribution >= 0.6 is 11.8 Å². The maximum absolute atomic E-state index is 13.3. The van der Waals surface area contributed by atoms with Crippen LogP contribution in [0, 0.1) is 32.1 Å². The first-order chi connectivity index (χ1) is 18.4. The zero-order chi connectivity index (χ0) is 26.8. The van der Waals surface area contributed by atoms with E-state index >= 15 is 0 Å². The maximum Gasteiger partial charge on any atom is 0.239 e. The van der Waals surface area contributed by atoms with E-state index in [2.05, 4.69) is 44.3 Å². The van der Waals surface area contributed by atoms with Gasteiger partial charge in [0.15, 0.2) is 0 Å². The van der Waals surface area contributed by atoms with Gasteiger partial charge in [0.25, 0.3) is 0 Å². The Morgan fingerprint density at radius 1 is 0.947 bits per heavy atom. The second-order valence-electron chi connectivity index (χ2n) is 9.36. The van der Waals surface area contributed by atoms with E-state index in [1.165, 1.54) is 17.3 Å². The molecule has 2 aromatic heterocycles. The van der Waals surface area contributed by atoms with Gasteiger partial charge in [-0.3, -0.25) is 10.1 Å². The van der Waals surface area contributed by atoms with Gasteiger partial charge in [0.1, 0.15) is 17.4 Å². The molecule has 1 N–H and O–H groups in total. The minimum absolute atomic E-state index is 0.150. The van der Waals surface area contributed by atoms with Crippen LogP contribution in [0.1, 0.15) is 29.2 Å². The number of pyridine rings is 1. The second kappa shape index (κ2) is 10.6. The van der Waals surface area contributed by atoms with Gasteiger partial charge in [0.2, 0.25) is 11.8 Å². The van der Waals surface area contributed by atoms with Crippen LogP contribution in [0.5, 0.6) is 0 Å². The Labute approximate surface area is 226 Å². The predicted octanol–water partition coefficient (Wildman–Crippen LogP) is 8.08. The number of carbonyl (C=O) groups is 1.